The summed E-state index contributed by atoms with van der Waals surface area (Å²) in [6.45, 7) is 9.45. The predicted octanol–water partition coefficient (Wildman–Crippen LogP) is 2.55. The van der Waals surface area contributed by atoms with E-state index in [0.717, 1.165) is 5.69 Å². The van der Waals surface area contributed by atoms with E-state index in [0.29, 0.717) is 13.2 Å². The van der Waals surface area contributed by atoms with Gasteiger partial charge in [0.1, 0.15) is 6.04 Å². The summed E-state index contributed by atoms with van der Waals surface area (Å²) in [5.41, 5.74) is 2.37. The van der Waals surface area contributed by atoms with E-state index in [1.165, 1.54) is 5.56 Å². The minimum Gasteiger partial charge on any atom is -0.383 e. The molecule has 1 atom stereocenters. The SMILES string of the molecule is COCCNC(=O)C(C)Nc1ccc(C(C)(C)C)cc1. The molecule has 20 heavy (non-hydrogen) atoms. The van der Waals surface area contributed by atoms with Crippen LogP contribution in [0.1, 0.15) is 33.3 Å². The Morgan fingerprint density at radius 2 is 1.85 bits per heavy atom. The fourth-order valence-corrected chi connectivity index (χ4v) is 1.81. The van der Waals surface area contributed by atoms with E-state index in [1.54, 1.807) is 7.11 Å². The first-order chi connectivity index (χ1) is 9.34. The highest BCUT2D eigenvalue weighted by Gasteiger charge is 2.14. The molecule has 1 amide bonds. The zero-order valence-electron chi connectivity index (χ0n) is 13.1. The number of methoxy groups -OCH3 is 1. The van der Waals surface area contributed by atoms with Crippen LogP contribution in [0.25, 0.3) is 0 Å². The highest BCUT2D eigenvalue weighted by molar-refractivity contribution is 5.84. The van der Waals surface area contributed by atoms with Gasteiger partial charge in [-0.25, -0.2) is 0 Å². The second-order valence-electron chi connectivity index (χ2n) is 5.98. The lowest BCUT2D eigenvalue weighted by Crippen LogP contribution is -2.39. The number of benzene rings is 1. The average molecular weight is 278 g/mol. The van der Waals surface area contributed by atoms with Crippen molar-refractivity contribution in [3.63, 3.8) is 0 Å². The number of ether oxygens (including phenoxy) is 1. The van der Waals surface area contributed by atoms with Crippen molar-refractivity contribution < 1.29 is 9.53 Å². The summed E-state index contributed by atoms with van der Waals surface area (Å²) in [6.07, 6.45) is 0. The van der Waals surface area contributed by atoms with Gasteiger partial charge >= 0.3 is 0 Å². The van der Waals surface area contributed by atoms with Crippen LogP contribution in [-0.2, 0) is 14.9 Å². The van der Waals surface area contributed by atoms with Crippen molar-refractivity contribution in [3.8, 4) is 0 Å². The lowest BCUT2D eigenvalue weighted by Gasteiger charge is -2.20. The van der Waals surface area contributed by atoms with Gasteiger partial charge in [0, 0.05) is 19.3 Å². The Morgan fingerprint density at radius 3 is 2.35 bits per heavy atom. The third kappa shape index (κ3) is 5.21. The molecule has 4 heteroatoms. The number of carbonyl (C=O) groups excluding carboxylic acids is 1. The topological polar surface area (TPSA) is 50.4 Å². The van der Waals surface area contributed by atoms with Crippen LogP contribution in [0.2, 0.25) is 0 Å². The first-order valence-electron chi connectivity index (χ1n) is 6.98. The maximum atomic E-state index is 11.8. The van der Waals surface area contributed by atoms with Crippen LogP contribution < -0.4 is 10.6 Å². The van der Waals surface area contributed by atoms with Gasteiger partial charge in [-0.05, 0) is 30.0 Å². The van der Waals surface area contributed by atoms with E-state index in [9.17, 15) is 4.79 Å². The number of hydrogen-bond donors (Lipinski definition) is 2. The molecular weight excluding hydrogens is 252 g/mol. The quantitative estimate of drug-likeness (QED) is 0.786. The van der Waals surface area contributed by atoms with E-state index < -0.39 is 0 Å². The Balaban J connectivity index is 2.53. The molecule has 112 valence electrons. The van der Waals surface area contributed by atoms with Crippen LogP contribution in [0.4, 0.5) is 5.69 Å². The summed E-state index contributed by atoms with van der Waals surface area (Å²) < 4.78 is 4.90. The molecule has 0 radical (unpaired) electrons. The van der Waals surface area contributed by atoms with Crippen LogP contribution in [0.15, 0.2) is 24.3 Å². The largest absolute Gasteiger partial charge is 0.383 e. The van der Waals surface area contributed by atoms with Crippen molar-refractivity contribution in [3.05, 3.63) is 29.8 Å². The lowest BCUT2D eigenvalue weighted by atomic mass is 9.87. The molecule has 0 fully saturated rings. The van der Waals surface area contributed by atoms with Gasteiger partial charge in [0.2, 0.25) is 5.91 Å². The van der Waals surface area contributed by atoms with Crippen molar-refractivity contribution in [2.75, 3.05) is 25.6 Å². The Kier molecular flexibility index (Phi) is 6.02. The molecule has 0 saturated heterocycles. The van der Waals surface area contributed by atoms with Gasteiger partial charge in [-0.3, -0.25) is 4.79 Å². The first kappa shape index (κ1) is 16.5. The van der Waals surface area contributed by atoms with E-state index in [1.807, 2.05) is 19.1 Å². The third-order valence-corrected chi connectivity index (χ3v) is 3.13. The number of rotatable bonds is 6. The molecule has 1 rings (SSSR count). The van der Waals surface area contributed by atoms with Crippen LogP contribution in [0.5, 0.6) is 0 Å². The van der Waals surface area contributed by atoms with Gasteiger partial charge in [-0.2, -0.15) is 0 Å². The van der Waals surface area contributed by atoms with Crippen molar-refractivity contribution >= 4 is 11.6 Å². The molecule has 1 aromatic rings. The molecule has 0 saturated carbocycles. The molecule has 0 spiro atoms. The summed E-state index contributed by atoms with van der Waals surface area (Å²) in [6, 6.07) is 7.95. The molecule has 0 aliphatic carbocycles. The number of anilines is 1. The molecule has 2 N–H and O–H groups in total. The predicted molar refractivity (Wildman–Crippen MR) is 83.1 cm³/mol. The molecule has 0 aliphatic heterocycles. The molecule has 1 unspecified atom stereocenters. The fourth-order valence-electron chi connectivity index (χ4n) is 1.81. The summed E-state index contributed by atoms with van der Waals surface area (Å²) in [5, 5.41) is 6.01. The smallest absolute Gasteiger partial charge is 0.242 e. The van der Waals surface area contributed by atoms with Gasteiger partial charge in [0.25, 0.3) is 0 Å². The van der Waals surface area contributed by atoms with Gasteiger partial charge in [0.05, 0.1) is 6.61 Å². The fraction of sp³-hybridized carbons (Fsp3) is 0.562. The normalized spacial score (nSPS) is 12.8. The number of hydrogen-bond acceptors (Lipinski definition) is 3. The second kappa shape index (κ2) is 7.29. The zero-order valence-corrected chi connectivity index (χ0v) is 13.1. The highest BCUT2D eigenvalue weighted by atomic mass is 16.5. The van der Waals surface area contributed by atoms with Crippen LogP contribution in [-0.4, -0.2) is 32.2 Å². The molecule has 1 aromatic carbocycles. The Hall–Kier alpha value is -1.55. The lowest BCUT2D eigenvalue weighted by molar-refractivity contribution is -0.121. The molecule has 0 aromatic heterocycles. The summed E-state index contributed by atoms with van der Waals surface area (Å²) >= 11 is 0. The van der Waals surface area contributed by atoms with Gasteiger partial charge < -0.3 is 15.4 Å². The molecule has 0 bridgehead atoms. The third-order valence-electron chi connectivity index (χ3n) is 3.13. The van der Waals surface area contributed by atoms with Gasteiger partial charge in [-0.1, -0.05) is 32.9 Å². The maximum Gasteiger partial charge on any atom is 0.242 e. The van der Waals surface area contributed by atoms with Crippen molar-refractivity contribution in [1.82, 2.24) is 5.32 Å². The number of carbonyl (C=O) groups is 1. The van der Waals surface area contributed by atoms with Gasteiger partial charge in [0.15, 0.2) is 0 Å². The maximum absolute atomic E-state index is 11.8. The van der Waals surface area contributed by atoms with E-state index in [-0.39, 0.29) is 17.4 Å². The van der Waals surface area contributed by atoms with Crippen molar-refractivity contribution in [2.24, 2.45) is 0 Å². The standard InChI is InChI=1S/C16H26N2O2/c1-12(15(19)17-10-11-20-5)18-14-8-6-13(7-9-14)16(2,3)4/h6-9,12,18H,10-11H2,1-5H3,(H,17,19). The molecule has 0 heterocycles. The Labute approximate surface area is 121 Å². The molecule has 0 aliphatic rings. The summed E-state index contributed by atoms with van der Waals surface area (Å²) in [7, 11) is 1.62. The first-order valence-corrected chi connectivity index (χ1v) is 6.98. The van der Waals surface area contributed by atoms with E-state index in [2.05, 4.69) is 43.5 Å². The van der Waals surface area contributed by atoms with Gasteiger partial charge in [-0.15, -0.1) is 0 Å². The van der Waals surface area contributed by atoms with Crippen LogP contribution >= 0.6 is 0 Å². The van der Waals surface area contributed by atoms with Crippen LogP contribution in [0, 0.1) is 0 Å². The Morgan fingerprint density at radius 1 is 1.25 bits per heavy atom. The van der Waals surface area contributed by atoms with Crippen LogP contribution in [0.3, 0.4) is 0 Å². The summed E-state index contributed by atoms with van der Waals surface area (Å²) in [4.78, 5) is 11.8. The summed E-state index contributed by atoms with van der Waals surface area (Å²) in [5.74, 6) is -0.0260. The van der Waals surface area contributed by atoms with Crippen molar-refractivity contribution in [2.45, 2.75) is 39.2 Å². The molecular formula is C16H26N2O2. The minimum absolute atomic E-state index is 0.0260. The molecule has 4 nitrogen and oxygen atoms in total. The highest BCUT2D eigenvalue weighted by Crippen LogP contribution is 2.23. The zero-order chi connectivity index (χ0) is 15.2. The second-order valence-corrected chi connectivity index (χ2v) is 5.98. The average Bonchev–Trinajstić information content (AvgIpc) is 2.38. The Bertz CT molecular complexity index is 421. The monoisotopic (exact) mass is 278 g/mol. The van der Waals surface area contributed by atoms with E-state index >= 15 is 0 Å². The number of nitrogens with one attached hydrogen (secondary N) is 2. The van der Waals surface area contributed by atoms with E-state index in [4.69, 9.17) is 4.74 Å². The minimum atomic E-state index is -0.271. The van der Waals surface area contributed by atoms with Crippen molar-refractivity contribution in [1.29, 1.82) is 0 Å². The number of amides is 1.